The first kappa shape index (κ1) is 13.6. The number of halogens is 1. The van der Waals surface area contributed by atoms with Gasteiger partial charge in [-0.05, 0) is 58.0 Å². The van der Waals surface area contributed by atoms with Crippen molar-refractivity contribution in [3.05, 3.63) is 39.5 Å². The molecule has 0 aliphatic carbocycles. The van der Waals surface area contributed by atoms with Crippen molar-refractivity contribution in [2.24, 2.45) is 0 Å². The highest BCUT2D eigenvalue weighted by Crippen LogP contribution is 2.30. The van der Waals surface area contributed by atoms with Gasteiger partial charge in [0.25, 0.3) is 0 Å². The molecule has 2 aromatic carbocycles. The van der Waals surface area contributed by atoms with Gasteiger partial charge < -0.3 is 14.6 Å². The normalized spacial score (nSPS) is 10.8. The Morgan fingerprint density at radius 1 is 1.22 bits per heavy atom. The first-order valence-electron chi connectivity index (χ1n) is 5.78. The van der Waals surface area contributed by atoms with Crippen molar-refractivity contribution in [2.75, 3.05) is 13.4 Å². The zero-order valence-electron chi connectivity index (χ0n) is 10.1. The van der Waals surface area contributed by atoms with Crippen LogP contribution in [0.3, 0.4) is 0 Å². The van der Waals surface area contributed by atoms with E-state index in [9.17, 15) is 0 Å². The molecule has 3 nitrogen and oxygen atoms in total. The third-order valence-corrected chi connectivity index (χ3v) is 3.78. The van der Waals surface area contributed by atoms with Crippen LogP contribution in [0.2, 0.25) is 0 Å². The molecular weight excluding hydrogens is 343 g/mol. The molecule has 0 bridgehead atoms. The Hall–Kier alpha value is -0.850. The summed E-state index contributed by atoms with van der Waals surface area (Å²) in [5, 5.41) is 11.4. The average Bonchev–Trinajstić information content (AvgIpc) is 2.41. The molecule has 0 unspecified atom stereocenters. The van der Waals surface area contributed by atoms with Gasteiger partial charge in [-0.25, -0.2) is 0 Å². The quantitative estimate of drug-likeness (QED) is 0.506. The van der Waals surface area contributed by atoms with Gasteiger partial charge in [0.2, 0.25) is 0 Å². The van der Waals surface area contributed by atoms with Crippen molar-refractivity contribution in [1.29, 1.82) is 0 Å². The Bertz CT molecular complexity index is 540. The first-order chi connectivity index (χ1) is 8.76. The maximum atomic E-state index is 9.12. The third-order valence-electron chi connectivity index (χ3n) is 2.67. The van der Waals surface area contributed by atoms with Crippen LogP contribution in [0.25, 0.3) is 10.8 Å². The predicted octanol–water partition coefficient (Wildman–Crippen LogP) is 3.31. The van der Waals surface area contributed by atoms with E-state index in [0.717, 1.165) is 25.7 Å². The van der Waals surface area contributed by atoms with Gasteiger partial charge in [0.15, 0.2) is 6.79 Å². The molecule has 0 spiro atoms. The molecule has 96 valence electrons. The molecule has 0 radical (unpaired) electrons. The van der Waals surface area contributed by atoms with Gasteiger partial charge >= 0.3 is 0 Å². The fourth-order valence-corrected chi connectivity index (χ4v) is 2.55. The molecule has 0 aliphatic heterocycles. The van der Waals surface area contributed by atoms with Crippen LogP contribution in [-0.4, -0.2) is 18.5 Å². The topological polar surface area (TPSA) is 38.7 Å². The summed E-state index contributed by atoms with van der Waals surface area (Å²) in [6, 6.07) is 9.86. The molecular formula is C14H15IO3. The van der Waals surface area contributed by atoms with Crippen molar-refractivity contribution in [3.8, 4) is 5.75 Å². The van der Waals surface area contributed by atoms with E-state index in [1.807, 2.05) is 37.3 Å². The van der Waals surface area contributed by atoms with Crippen LogP contribution in [0.5, 0.6) is 5.75 Å². The predicted molar refractivity (Wildman–Crippen MR) is 79.7 cm³/mol. The highest BCUT2D eigenvalue weighted by Gasteiger charge is 2.06. The zero-order chi connectivity index (χ0) is 13.0. The molecule has 0 heterocycles. The lowest BCUT2D eigenvalue weighted by molar-refractivity contribution is 0.0220. The van der Waals surface area contributed by atoms with Gasteiger partial charge in [-0.2, -0.15) is 0 Å². The molecule has 0 aromatic heterocycles. The molecule has 18 heavy (non-hydrogen) atoms. The van der Waals surface area contributed by atoms with Gasteiger partial charge in [0.05, 0.1) is 10.2 Å². The smallest absolute Gasteiger partial charge is 0.189 e. The third kappa shape index (κ3) is 2.93. The maximum Gasteiger partial charge on any atom is 0.189 e. The Labute approximate surface area is 120 Å². The van der Waals surface area contributed by atoms with E-state index in [4.69, 9.17) is 14.6 Å². The van der Waals surface area contributed by atoms with E-state index >= 15 is 0 Å². The second kappa shape index (κ2) is 6.36. The van der Waals surface area contributed by atoms with Crippen molar-refractivity contribution < 1.29 is 14.6 Å². The number of hydrogen-bond acceptors (Lipinski definition) is 3. The SMILES string of the molecule is CCOCOc1ccc2cc(CO)ccc2c1I. The number of rotatable bonds is 5. The number of ether oxygens (including phenoxy) is 2. The molecule has 4 heteroatoms. The van der Waals surface area contributed by atoms with Crippen LogP contribution in [0.1, 0.15) is 12.5 Å². The van der Waals surface area contributed by atoms with Crippen LogP contribution < -0.4 is 4.74 Å². The van der Waals surface area contributed by atoms with Crippen molar-refractivity contribution in [2.45, 2.75) is 13.5 Å². The minimum atomic E-state index is 0.0646. The lowest BCUT2D eigenvalue weighted by atomic mass is 10.1. The van der Waals surface area contributed by atoms with Gasteiger partial charge in [0, 0.05) is 6.61 Å². The second-order valence-corrected chi connectivity index (χ2v) is 4.93. The highest BCUT2D eigenvalue weighted by atomic mass is 127. The van der Waals surface area contributed by atoms with E-state index in [-0.39, 0.29) is 13.4 Å². The fourth-order valence-electron chi connectivity index (χ4n) is 1.72. The van der Waals surface area contributed by atoms with E-state index in [1.165, 1.54) is 0 Å². The summed E-state index contributed by atoms with van der Waals surface area (Å²) < 4.78 is 11.8. The summed E-state index contributed by atoms with van der Waals surface area (Å²) in [4.78, 5) is 0. The molecule has 1 N–H and O–H groups in total. The molecule has 0 saturated heterocycles. The Kier molecular flexibility index (Phi) is 4.79. The average molecular weight is 358 g/mol. The van der Waals surface area contributed by atoms with Gasteiger partial charge in [-0.1, -0.05) is 18.2 Å². The van der Waals surface area contributed by atoms with Crippen molar-refractivity contribution in [3.63, 3.8) is 0 Å². The van der Waals surface area contributed by atoms with Crippen LogP contribution in [0.4, 0.5) is 0 Å². The van der Waals surface area contributed by atoms with Crippen molar-refractivity contribution >= 4 is 33.4 Å². The minimum absolute atomic E-state index is 0.0646. The number of aliphatic hydroxyl groups is 1. The van der Waals surface area contributed by atoms with E-state index in [1.54, 1.807) is 0 Å². The summed E-state index contributed by atoms with van der Waals surface area (Å²) in [6.45, 7) is 2.91. The summed E-state index contributed by atoms with van der Waals surface area (Å²) in [5.41, 5.74) is 0.918. The second-order valence-electron chi connectivity index (χ2n) is 3.85. The monoisotopic (exact) mass is 358 g/mol. The van der Waals surface area contributed by atoms with Gasteiger partial charge in [-0.15, -0.1) is 0 Å². The summed E-state index contributed by atoms with van der Waals surface area (Å²) in [7, 11) is 0. The Balaban J connectivity index is 2.32. The van der Waals surface area contributed by atoms with Gasteiger partial charge in [0.1, 0.15) is 5.75 Å². The lowest BCUT2D eigenvalue weighted by Gasteiger charge is -2.10. The van der Waals surface area contributed by atoms with Crippen LogP contribution >= 0.6 is 22.6 Å². The number of fused-ring (bicyclic) bond motifs is 1. The Morgan fingerprint density at radius 2 is 2.06 bits per heavy atom. The van der Waals surface area contributed by atoms with Crippen molar-refractivity contribution in [1.82, 2.24) is 0 Å². The molecule has 0 fully saturated rings. The Morgan fingerprint density at radius 3 is 2.78 bits per heavy atom. The number of aliphatic hydroxyl groups excluding tert-OH is 1. The molecule has 2 aromatic rings. The molecule has 0 saturated carbocycles. The maximum absolute atomic E-state index is 9.12. The van der Waals surface area contributed by atoms with Gasteiger partial charge in [-0.3, -0.25) is 0 Å². The van der Waals surface area contributed by atoms with E-state index < -0.39 is 0 Å². The highest BCUT2D eigenvalue weighted by molar-refractivity contribution is 14.1. The first-order valence-corrected chi connectivity index (χ1v) is 6.86. The lowest BCUT2D eigenvalue weighted by Crippen LogP contribution is -2.03. The molecule has 0 amide bonds. The summed E-state index contributed by atoms with van der Waals surface area (Å²) in [5.74, 6) is 0.827. The van der Waals surface area contributed by atoms with Crippen LogP contribution in [0.15, 0.2) is 30.3 Å². The number of hydrogen-bond donors (Lipinski definition) is 1. The minimum Gasteiger partial charge on any atom is -0.466 e. The zero-order valence-corrected chi connectivity index (χ0v) is 12.3. The summed E-state index contributed by atoms with van der Waals surface area (Å²) >= 11 is 2.27. The number of benzene rings is 2. The van der Waals surface area contributed by atoms with Crippen LogP contribution in [-0.2, 0) is 11.3 Å². The standard InChI is InChI=1S/C14H15IO3/c1-2-17-9-18-13-6-4-11-7-10(8-16)3-5-12(11)14(13)15/h3-7,16H,2,8-9H2,1H3. The largest absolute Gasteiger partial charge is 0.466 e. The molecule has 0 aliphatic rings. The molecule has 0 atom stereocenters. The van der Waals surface area contributed by atoms with E-state index in [0.29, 0.717) is 6.61 Å². The summed E-state index contributed by atoms with van der Waals surface area (Å²) in [6.07, 6.45) is 0. The van der Waals surface area contributed by atoms with Crippen LogP contribution in [0, 0.1) is 3.57 Å². The van der Waals surface area contributed by atoms with E-state index in [2.05, 4.69) is 22.6 Å². The fraction of sp³-hybridized carbons (Fsp3) is 0.286. The molecule has 2 rings (SSSR count).